The van der Waals surface area contributed by atoms with Crippen molar-refractivity contribution in [1.82, 2.24) is 0 Å². The summed E-state index contributed by atoms with van der Waals surface area (Å²) in [6.45, 7) is 4.16. The largest absolute Gasteiger partial charge is 0.481 e. The SMILES string of the molecule is CCN(C(=O)[C@H](C)Oc1ccc(F)cc1)c1ccccc1. The van der Waals surface area contributed by atoms with Gasteiger partial charge in [-0.25, -0.2) is 4.39 Å². The van der Waals surface area contributed by atoms with Crippen molar-refractivity contribution >= 4 is 11.6 Å². The van der Waals surface area contributed by atoms with Gasteiger partial charge in [0, 0.05) is 12.2 Å². The van der Waals surface area contributed by atoms with E-state index in [1.807, 2.05) is 37.3 Å². The number of likely N-dealkylation sites (N-methyl/N-ethyl adjacent to an activating group) is 1. The third-order valence-corrected chi connectivity index (χ3v) is 3.12. The van der Waals surface area contributed by atoms with E-state index in [0.29, 0.717) is 12.3 Å². The Morgan fingerprint density at radius 3 is 2.33 bits per heavy atom. The molecule has 0 heterocycles. The summed E-state index contributed by atoms with van der Waals surface area (Å²) in [6.07, 6.45) is -0.643. The average molecular weight is 287 g/mol. The van der Waals surface area contributed by atoms with Gasteiger partial charge in [-0.1, -0.05) is 18.2 Å². The molecule has 0 aromatic heterocycles. The van der Waals surface area contributed by atoms with Gasteiger partial charge in [0.25, 0.3) is 5.91 Å². The Morgan fingerprint density at radius 1 is 1.14 bits per heavy atom. The van der Waals surface area contributed by atoms with Crippen LogP contribution in [0.15, 0.2) is 54.6 Å². The van der Waals surface area contributed by atoms with Gasteiger partial charge in [0.1, 0.15) is 11.6 Å². The quantitative estimate of drug-likeness (QED) is 0.840. The lowest BCUT2D eigenvalue weighted by molar-refractivity contribution is -0.124. The number of benzene rings is 2. The molecule has 0 fully saturated rings. The van der Waals surface area contributed by atoms with Crippen molar-refractivity contribution in [3.63, 3.8) is 0 Å². The first-order valence-electron chi connectivity index (χ1n) is 6.90. The van der Waals surface area contributed by atoms with Crippen molar-refractivity contribution in [3.05, 3.63) is 60.4 Å². The number of para-hydroxylation sites is 1. The van der Waals surface area contributed by atoms with Crippen LogP contribution in [0.1, 0.15) is 13.8 Å². The molecule has 0 aliphatic carbocycles. The van der Waals surface area contributed by atoms with E-state index in [2.05, 4.69) is 0 Å². The van der Waals surface area contributed by atoms with Crippen molar-refractivity contribution < 1.29 is 13.9 Å². The Hall–Kier alpha value is -2.36. The number of amides is 1. The van der Waals surface area contributed by atoms with E-state index in [1.54, 1.807) is 11.8 Å². The number of carbonyl (C=O) groups is 1. The minimum Gasteiger partial charge on any atom is -0.481 e. The Balaban J connectivity index is 2.08. The third kappa shape index (κ3) is 3.81. The second-order valence-corrected chi connectivity index (χ2v) is 4.63. The first-order chi connectivity index (χ1) is 10.1. The normalized spacial score (nSPS) is 11.8. The molecule has 2 rings (SSSR count). The average Bonchev–Trinajstić information content (AvgIpc) is 2.51. The molecule has 0 aliphatic rings. The van der Waals surface area contributed by atoms with Crippen molar-refractivity contribution in [2.45, 2.75) is 20.0 Å². The van der Waals surface area contributed by atoms with Gasteiger partial charge in [0.05, 0.1) is 0 Å². The highest BCUT2D eigenvalue weighted by Gasteiger charge is 2.22. The van der Waals surface area contributed by atoms with Crippen molar-refractivity contribution in [3.8, 4) is 5.75 Å². The molecule has 0 radical (unpaired) electrons. The summed E-state index contributed by atoms with van der Waals surface area (Å²) < 4.78 is 18.4. The van der Waals surface area contributed by atoms with Crippen LogP contribution in [0.25, 0.3) is 0 Å². The second-order valence-electron chi connectivity index (χ2n) is 4.63. The van der Waals surface area contributed by atoms with Crippen LogP contribution < -0.4 is 9.64 Å². The summed E-state index contributed by atoms with van der Waals surface area (Å²) in [6, 6.07) is 15.1. The lowest BCUT2D eigenvalue weighted by atomic mass is 10.2. The van der Waals surface area contributed by atoms with Gasteiger partial charge in [-0.15, -0.1) is 0 Å². The number of nitrogens with zero attached hydrogens (tertiary/aromatic N) is 1. The number of hydrogen-bond donors (Lipinski definition) is 0. The van der Waals surface area contributed by atoms with Crippen LogP contribution >= 0.6 is 0 Å². The number of hydrogen-bond acceptors (Lipinski definition) is 2. The third-order valence-electron chi connectivity index (χ3n) is 3.12. The summed E-state index contributed by atoms with van der Waals surface area (Å²) in [5.41, 5.74) is 0.833. The Bertz CT molecular complexity index is 583. The Labute approximate surface area is 124 Å². The van der Waals surface area contributed by atoms with E-state index in [4.69, 9.17) is 4.74 Å². The summed E-state index contributed by atoms with van der Waals surface area (Å²) in [7, 11) is 0. The van der Waals surface area contributed by atoms with Crippen molar-refractivity contribution in [2.24, 2.45) is 0 Å². The number of rotatable bonds is 5. The van der Waals surface area contributed by atoms with Gasteiger partial charge in [-0.2, -0.15) is 0 Å². The zero-order chi connectivity index (χ0) is 15.2. The minimum atomic E-state index is -0.643. The highest BCUT2D eigenvalue weighted by atomic mass is 19.1. The standard InChI is InChI=1S/C17H18FNO2/c1-3-19(15-7-5-4-6-8-15)17(20)13(2)21-16-11-9-14(18)10-12-16/h4-13H,3H2,1-2H3/t13-/m0/s1. The van der Waals surface area contributed by atoms with Gasteiger partial charge in [0.2, 0.25) is 0 Å². The molecule has 3 nitrogen and oxygen atoms in total. The lowest BCUT2D eigenvalue weighted by Crippen LogP contribution is -2.40. The zero-order valence-corrected chi connectivity index (χ0v) is 12.1. The maximum atomic E-state index is 12.9. The first-order valence-corrected chi connectivity index (χ1v) is 6.90. The van der Waals surface area contributed by atoms with Crippen LogP contribution in [0, 0.1) is 5.82 Å². The van der Waals surface area contributed by atoms with Crippen LogP contribution in [-0.2, 0) is 4.79 Å². The molecule has 2 aromatic carbocycles. The molecule has 0 saturated heterocycles. The molecule has 110 valence electrons. The van der Waals surface area contributed by atoms with Crippen LogP contribution in [0.3, 0.4) is 0 Å². The molecule has 0 saturated carbocycles. The number of halogens is 1. The molecule has 0 unspecified atom stereocenters. The maximum absolute atomic E-state index is 12.9. The predicted molar refractivity (Wildman–Crippen MR) is 81.0 cm³/mol. The highest BCUT2D eigenvalue weighted by molar-refractivity contribution is 5.96. The summed E-state index contributed by atoms with van der Waals surface area (Å²) >= 11 is 0. The monoisotopic (exact) mass is 287 g/mol. The van der Waals surface area contributed by atoms with Crippen LogP contribution in [0.4, 0.5) is 10.1 Å². The van der Waals surface area contributed by atoms with Crippen molar-refractivity contribution in [1.29, 1.82) is 0 Å². The summed E-state index contributed by atoms with van der Waals surface area (Å²) in [5, 5.41) is 0. The molecule has 2 aromatic rings. The van der Waals surface area contributed by atoms with E-state index in [9.17, 15) is 9.18 Å². The molecular formula is C17H18FNO2. The molecule has 1 amide bonds. The molecular weight excluding hydrogens is 269 g/mol. The van der Waals surface area contributed by atoms with E-state index >= 15 is 0 Å². The van der Waals surface area contributed by atoms with Gasteiger partial charge in [-0.05, 0) is 50.2 Å². The van der Waals surface area contributed by atoms with Gasteiger partial charge < -0.3 is 9.64 Å². The smallest absolute Gasteiger partial charge is 0.267 e. The van der Waals surface area contributed by atoms with E-state index in [0.717, 1.165) is 5.69 Å². The topological polar surface area (TPSA) is 29.5 Å². The molecule has 0 N–H and O–H groups in total. The van der Waals surface area contributed by atoms with Crippen LogP contribution in [0.2, 0.25) is 0 Å². The minimum absolute atomic E-state index is 0.131. The molecule has 21 heavy (non-hydrogen) atoms. The highest BCUT2D eigenvalue weighted by Crippen LogP contribution is 2.17. The summed E-state index contributed by atoms with van der Waals surface area (Å²) in [5.74, 6) is 0.00943. The molecule has 0 aliphatic heterocycles. The fourth-order valence-electron chi connectivity index (χ4n) is 2.06. The van der Waals surface area contributed by atoms with Crippen molar-refractivity contribution in [2.75, 3.05) is 11.4 Å². The van der Waals surface area contributed by atoms with Crippen LogP contribution in [-0.4, -0.2) is 18.6 Å². The first kappa shape index (κ1) is 15.0. The molecule has 0 spiro atoms. The molecule has 0 bridgehead atoms. The predicted octanol–water partition coefficient (Wildman–Crippen LogP) is 3.65. The molecule has 1 atom stereocenters. The second kappa shape index (κ2) is 6.88. The molecule has 4 heteroatoms. The summed E-state index contributed by atoms with van der Waals surface area (Å²) in [4.78, 5) is 14.1. The van der Waals surface area contributed by atoms with E-state index in [1.165, 1.54) is 24.3 Å². The van der Waals surface area contributed by atoms with E-state index < -0.39 is 6.10 Å². The van der Waals surface area contributed by atoms with Gasteiger partial charge in [0.15, 0.2) is 6.10 Å². The van der Waals surface area contributed by atoms with Gasteiger partial charge >= 0.3 is 0 Å². The Kier molecular flexibility index (Phi) is 4.93. The number of ether oxygens (including phenoxy) is 1. The number of anilines is 1. The van der Waals surface area contributed by atoms with Gasteiger partial charge in [-0.3, -0.25) is 4.79 Å². The number of carbonyl (C=O) groups excluding carboxylic acids is 1. The Morgan fingerprint density at radius 2 is 1.76 bits per heavy atom. The lowest BCUT2D eigenvalue weighted by Gasteiger charge is -2.25. The maximum Gasteiger partial charge on any atom is 0.267 e. The van der Waals surface area contributed by atoms with E-state index in [-0.39, 0.29) is 11.7 Å². The fourth-order valence-corrected chi connectivity index (χ4v) is 2.06. The zero-order valence-electron chi connectivity index (χ0n) is 12.1. The van der Waals surface area contributed by atoms with Crippen LogP contribution in [0.5, 0.6) is 5.75 Å². The fraction of sp³-hybridized carbons (Fsp3) is 0.235.